The highest BCUT2D eigenvalue weighted by Gasteiger charge is 2.38. The van der Waals surface area contributed by atoms with Crippen LogP contribution in [-0.4, -0.2) is 30.4 Å². The van der Waals surface area contributed by atoms with Crippen molar-refractivity contribution in [1.82, 2.24) is 0 Å². The van der Waals surface area contributed by atoms with Crippen molar-refractivity contribution < 1.29 is 23.9 Å². The molecule has 0 radical (unpaired) electrons. The van der Waals surface area contributed by atoms with Gasteiger partial charge in [0.15, 0.2) is 6.10 Å². The maximum absolute atomic E-state index is 12.6. The molecule has 0 aliphatic heterocycles. The van der Waals surface area contributed by atoms with Gasteiger partial charge in [-0.15, -0.1) is 0 Å². The quantitative estimate of drug-likeness (QED) is 0.572. The van der Waals surface area contributed by atoms with E-state index in [2.05, 4.69) is 0 Å². The van der Waals surface area contributed by atoms with Crippen LogP contribution in [0.1, 0.15) is 30.9 Å². The first-order chi connectivity index (χ1) is 12.0. The van der Waals surface area contributed by atoms with Gasteiger partial charge in [0.05, 0.1) is 12.5 Å². The molecule has 2 aromatic carbocycles. The van der Waals surface area contributed by atoms with E-state index in [9.17, 15) is 14.4 Å². The number of esters is 2. The fourth-order valence-corrected chi connectivity index (χ4v) is 2.63. The Morgan fingerprint density at radius 2 is 1.36 bits per heavy atom. The molecule has 2 aromatic rings. The zero-order valence-electron chi connectivity index (χ0n) is 14.2. The molecule has 0 aliphatic rings. The summed E-state index contributed by atoms with van der Waals surface area (Å²) in [4.78, 5) is 36.2. The fraction of sp³-hybridized carbons (Fsp3) is 0.250. The van der Waals surface area contributed by atoms with Crippen LogP contribution in [0.5, 0.6) is 0 Å². The summed E-state index contributed by atoms with van der Waals surface area (Å²) in [6, 6.07) is 18.3. The van der Waals surface area contributed by atoms with Crippen LogP contribution < -0.4 is 0 Å². The second kappa shape index (κ2) is 8.78. The van der Waals surface area contributed by atoms with Gasteiger partial charge in [0.1, 0.15) is 0 Å². The van der Waals surface area contributed by atoms with Gasteiger partial charge in [0, 0.05) is 6.92 Å². The number of carbonyl (C=O) groups excluding carboxylic acids is 3. The maximum atomic E-state index is 12.6. The summed E-state index contributed by atoms with van der Waals surface area (Å²) in [5.74, 6) is -3.14. The molecule has 130 valence electrons. The lowest BCUT2D eigenvalue weighted by atomic mass is 9.84. The predicted octanol–water partition coefficient (Wildman–Crippen LogP) is 2.88. The zero-order chi connectivity index (χ0) is 18.2. The van der Waals surface area contributed by atoms with E-state index in [1.54, 1.807) is 6.92 Å². The van der Waals surface area contributed by atoms with Crippen molar-refractivity contribution in [1.29, 1.82) is 0 Å². The summed E-state index contributed by atoms with van der Waals surface area (Å²) in [5, 5.41) is 0. The Hall–Kier alpha value is -2.95. The molecule has 5 heteroatoms. The van der Waals surface area contributed by atoms with Gasteiger partial charge in [-0.25, -0.2) is 4.79 Å². The minimum atomic E-state index is -1.29. The molecular weight excluding hydrogens is 320 g/mol. The molecule has 0 aromatic heterocycles. The number of ketones is 1. The van der Waals surface area contributed by atoms with Crippen LogP contribution >= 0.6 is 0 Å². The van der Waals surface area contributed by atoms with Crippen molar-refractivity contribution in [2.45, 2.75) is 25.9 Å². The fourth-order valence-electron chi connectivity index (χ4n) is 2.63. The Bertz CT molecular complexity index is 685. The summed E-state index contributed by atoms with van der Waals surface area (Å²) in [5.41, 5.74) is 1.52. The molecule has 1 atom stereocenters. The SMILES string of the molecule is CCOC(=O)C(=O)C(OC(C)=O)C(c1ccccc1)c1ccccc1. The van der Waals surface area contributed by atoms with Crippen molar-refractivity contribution in [3.05, 3.63) is 71.8 Å². The third kappa shape index (κ3) is 4.76. The Kier molecular flexibility index (Phi) is 6.46. The predicted molar refractivity (Wildman–Crippen MR) is 91.9 cm³/mol. The van der Waals surface area contributed by atoms with Crippen molar-refractivity contribution in [2.75, 3.05) is 6.61 Å². The number of rotatable bonds is 7. The number of benzene rings is 2. The molecule has 0 amide bonds. The van der Waals surface area contributed by atoms with Gasteiger partial charge < -0.3 is 9.47 Å². The number of hydrogen-bond donors (Lipinski definition) is 0. The number of hydrogen-bond acceptors (Lipinski definition) is 5. The summed E-state index contributed by atoms with van der Waals surface area (Å²) in [6.45, 7) is 2.88. The van der Waals surface area contributed by atoms with Gasteiger partial charge in [0.2, 0.25) is 0 Å². The van der Waals surface area contributed by atoms with Gasteiger partial charge in [-0.05, 0) is 18.1 Å². The molecule has 0 saturated heterocycles. The average Bonchev–Trinajstić information content (AvgIpc) is 2.62. The summed E-state index contributed by atoms with van der Waals surface area (Å²) in [6.07, 6.45) is -1.29. The van der Waals surface area contributed by atoms with E-state index < -0.39 is 29.7 Å². The van der Waals surface area contributed by atoms with Crippen LogP contribution in [0, 0.1) is 0 Å². The highest BCUT2D eigenvalue weighted by atomic mass is 16.6. The molecular formula is C20H20O5. The van der Waals surface area contributed by atoms with Crippen LogP contribution in [0.2, 0.25) is 0 Å². The lowest BCUT2D eigenvalue weighted by Crippen LogP contribution is -2.38. The third-order valence-corrected chi connectivity index (χ3v) is 3.65. The number of Topliss-reactive ketones (excluding diaryl/α,β-unsaturated/α-hetero) is 1. The molecule has 0 fully saturated rings. The lowest BCUT2D eigenvalue weighted by Gasteiger charge is -2.26. The smallest absolute Gasteiger partial charge is 0.378 e. The van der Waals surface area contributed by atoms with E-state index in [0.29, 0.717) is 0 Å². The first kappa shape index (κ1) is 18.4. The van der Waals surface area contributed by atoms with Crippen LogP contribution in [0.15, 0.2) is 60.7 Å². The van der Waals surface area contributed by atoms with Crippen molar-refractivity contribution in [3.8, 4) is 0 Å². The van der Waals surface area contributed by atoms with Crippen molar-refractivity contribution >= 4 is 17.7 Å². The summed E-state index contributed by atoms with van der Waals surface area (Å²) >= 11 is 0. The van der Waals surface area contributed by atoms with Crippen molar-refractivity contribution in [3.63, 3.8) is 0 Å². The molecule has 0 spiro atoms. The van der Waals surface area contributed by atoms with Crippen LogP contribution in [0.4, 0.5) is 0 Å². The molecule has 0 bridgehead atoms. The van der Waals surface area contributed by atoms with E-state index in [1.807, 2.05) is 60.7 Å². The normalized spacial score (nSPS) is 11.6. The standard InChI is InChI=1S/C20H20O5/c1-3-24-20(23)18(22)19(25-14(2)21)17(15-10-6-4-7-11-15)16-12-8-5-9-13-16/h4-13,17,19H,3H2,1-2H3. The molecule has 1 unspecified atom stereocenters. The Labute approximate surface area is 146 Å². The van der Waals surface area contributed by atoms with Gasteiger partial charge in [-0.2, -0.15) is 0 Å². The molecule has 25 heavy (non-hydrogen) atoms. The number of carbonyl (C=O) groups is 3. The molecule has 5 nitrogen and oxygen atoms in total. The average molecular weight is 340 g/mol. The molecule has 0 aliphatic carbocycles. The molecule has 0 saturated carbocycles. The Balaban J connectivity index is 2.51. The number of ether oxygens (including phenoxy) is 2. The summed E-state index contributed by atoms with van der Waals surface area (Å²) in [7, 11) is 0. The highest BCUT2D eigenvalue weighted by molar-refractivity contribution is 6.35. The second-order valence-electron chi connectivity index (χ2n) is 5.41. The maximum Gasteiger partial charge on any atom is 0.378 e. The van der Waals surface area contributed by atoms with Gasteiger partial charge in [-0.1, -0.05) is 60.7 Å². The topological polar surface area (TPSA) is 69.7 Å². The van der Waals surface area contributed by atoms with E-state index in [-0.39, 0.29) is 6.61 Å². The van der Waals surface area contributed by atoms with Gasteiger partial charge >= 0.3 is 11.9 Å². The Morgan fingerprint density at radius 3 is 1.76 bits per heavy atom. The third-order valence-electron chi connectivity index (χ3n) is 3.65. The van der Waals surface area contributed by atoms with Gasteiger partial charge in [-0.3, -0.25) is 9.59 Å². The molecule has 0 N–H and O–H groups in total. The van der Waals surface area contributed by atoms with Crippen LogP contribution in [0.3, 0.4) is 0 Å². The Morgan fingerprint density at radius 1 is 0.880 bits per heavy atom. The van der Waals surface area contributed by atoms with Gasteiger partial charge in [0.25, 0.3) is 5.78 Å². The summed E-state index contributed by atoms with van der Waals surface area (Å²) < 4.78 is 10.1. The van der Waals surface area contributed by atoms with Crippen LogP contribution in [-0.2, 0) is 23.9 Å². The van der Waals surface area contributed by atoms with E-state index in [0.717, 1.165) is 11.1 Å². The zero-order valence-corrected chi connectivity index (χ0v) is 14.2. The van der Waals surface area contributed by atoms with Crippen molar-refractivity contribution in [2.24, 2.45) is 0 Å². The molecule has 2 rings (SSSR count). The second-order valence-corrected chi connectivity index (χ2v) is 5.41. The lowest BCUT2D eigenvalue weighted by molar-refractivity contribution is -0.164. The first-order valence-corrected chi connectivity index (χ1v) is 8.02. The largest absolute Gasteiger partial charge is 0.460 e. The van der Waals surface area contributed by atoms with E-state index in [4.69, 9.17) is 9.47 Å². The first-order valence-electron chi connectivity index (χ1n) is 8.02. The molecule has 0 heterocycles. The monoisotopic (exact) mass is 340 g/mol. The highest BCUT2D eigenvalue weighted by Crippen LogP contribution is 2.30. The van der Waals surface area contributed by atoms with Crippen LogP contribution in [0.25, 0.3) is 0 Å². The minimum absolute atomic E-state index is 0.0682. The minimum Gasteiger partial charge on any atom is -0.460 e. The van der Waals surface area contributed by atoms with E-state index in [1.165, 1.54) is 6.92 Å². The van der Waals surface area contributed by atoms with E-state index >= 15 is 0 Å².